The summed E-state index contributed by atoms with van der Waals surface area (Å²) in [6.07, 6.45) is 1.42. The van der Waals surface area contributed by atoms with Crippen molar-refractivity contribution in [2.24, 2.45) is 0 Å². The maximum atomic E-state index is 12.4. The van der Waals surface area contributed by atoms with Gasteiger partial charge in [-0.25, -0.2) is 9.97 Å². The van der Waals surface area contributed by atoms with Gasteiger partial charge >= 0.3 is 0 Å². The Morgan fingerprint density at radius 3 is 2.58 bits per heavy atom. The van der Waals surface area contributed by atoms with Crippen LogP contribution < -0.4 is 10.2 Å². The lowest BCUT2D eigenvalue weighted by molar-refractivity contribution is -0.385. The quantitative estimate of drug-likeness (QED) is 0.656. The first kappa shape index (κ1) is 17.7. The molecule has 0 aliphatic carbocycles. The van der Waals surface area contributed by atoms with E-state index in [1.165, 1.54) is 24.5 Å². The van der Waals surface area contributed by atoms with Gasteiger partial charge in [0.05, 0.1) is 4.92 Å². The van der Waals surface area contributed by atoms with Crippen molar-refractivity contribution in [3.05, 3.63) is 51.8 Å². The van der Waals surface area contributed by atoms with Crippen LogP contribution in [0.2, 0.25) is 0 Å². The summed E-state index contributed by atoms with van der Waals surface area (Å²) < 4.78 is 0. The lowest BCUT2D eigenvalue weighted by Crippen LogP contribution is -2.44. The molecule has 26 heavy (non-hydrogen) atoms. The molecular weight excluding hydrogens is 336 g/mol. The lowest BCUT2D eigenvalue weighted by Gasteiger charge is -2.33. The molecule has 0 saturated carbocycles. The maximum Gasteiger partial charge on any atom is 0.272 e. The number of nitro groups is 1. The lowest BCUT2D eigenvalue weighted by atomic mass is 10.1. The summed E-state index contributed by atoms with van der Waals surface area (Å²) in [4.78, 5) is 35.6. The van der Waals surface area contributed by atoms with Crippen molar-refractivity contribution in [3.8, 4) is 0 Å². The molecule has 9 nitrogen and oxygen atoms in total. The normalized spacial score (nSPS) is 14.9. The molecule has 0 radical (unpaired) electrons. The van der Waals surface area contributed by atoms with Gasteiger partial charge in [-0.3, -0.25) is 14.9 Å². The van der Waals surface area contributed by atoms with E-state index < -0.39 is 4.92 Å². The van der Waals surface area contributed by atoms with Gasteiger partial charge in [0.25, 0.3) is 11.6 Å². The molecule has 1 aliphatic heterocycles. The molecule has 2 aromatic rings. The van der Waals surface area contributed by atoms with Crippen LogP contribution in [0.3, 0.4) is 0 Å². The Bertz CT molecular complexity index is 833. The predicted molar refractivity (Wildman–Crippen MR) is 97.5 cm³/mol. The highest BCUT2D eigenvalue weighted by Gasteiger charge is 2.17. The summed E-state index contributed by atoms with van der Waals surface area (Å²) in [5.74, 6) is 0.796. The van der Waals surface area contributed by atoms with Crippen LogP contribution in [0.4, 0.5) is 17.3 Å². The number of hydrogen-bond acceptors (Lipinski definition) is 7. The second kappa shape index (κ2) is 7.44. The Morgan fingerprint density at radius 2 is 1.92 bits per heavy atom. The van der Waals surface area contributed by atoms with E-state index in [9.17, 15) is 14.9 Å². The van der Waals surface area contributed by atoms with Crippen LogP contribution in [0.25, 0.3) is 0 Å². The molecule has 1 fully saturated rings. The number of nitrogens with zero attached hydrogens (tertiary/aromatic N) is 5. The van der Waals surface area contributed by atoms with E-state index in [0.717, 1.165) is 32.0 Å². The SMILES string of the molecule is Cc1cc(C(=O)Nc2cc(N3CCN(C)CC3)ncn2)ccc1[N+](=O)[O-]. The highest BCUT2D eigenvalue weighted by molar-refractivity contribution is 6.04. The number of aryl methyl sites for hydroxylation is 1. The van der Waals surface area contributed by atoms with Crippen molar-refractivity contribution in [1.29, 1.82) is 0 Å². The van der Waals surface area contributed by atoms with Crippen molar-refractivity contribution in [3.63, 3.8) is 0 Å². The Kier molecular flexibility index (Phi) is 5.08. The largest absolute Gasteiger partial charge is 0.354 e. The first-order valence-corrected chi connectivity index (χ1v) is 8.26. The Balaban J connectivity index is 1.72. The topological polar surface area (TPSA) is 104 Å². The van der Waals surface area contributed by atoms with Crippen LogP contribution in [-0.4, -0.2) is 58.9 Å². The standard InChI is InChI=1S/C17H20N6O3/c1-12-9-13(3-4-14(12)23(25)26)17(24)20-15-10-16(19-11-18-15)22-7-5-21(2)6-8-22/h3-4,9-11H,5-8H2,1-2H3,(H,18,19,20,24). The number of carbonyl (C=O) groups excluding carboxylic acids is 1. The third-order valence-corrected chi connectivity index (χ3v) is 4.38. The molecule has 0 unspecified atom stereocenters. The summed E-state index contributed by atoms with van der Waals surface area (Å²) in [5, 5.41) is 13.6. The number of benzene rings is 1. The molecule has 1 saturated heterocycles. The van der Waals surface area contributed by atoms with Crippen molar-refractivity contribution >= 4 is 23.2 Å². The average molecular weight is 356 g/mol. The minimum atomic E-state index is -0.468. The second-order valence-electron chi connectivity index (χ2n) is 6.26. The van der Waals surface area contributed by atoms with Gasteiger partial charge in [0.15, 0.2) is 0 Å². The minimum absolute atomic E-state index is 0.0130. The number of likely N-dealkylation sites (N-methyl/N-ethyl adjacent to an activating group) is 1. The Morgan fingerprint density at radius 1 is 1.19 bits per heavy atom. The number of rotatable bonds is 4. The van der Waals surface area contributed by atoms with Gasteiger partial charge in [-0.1, -0.05) is 0 Å². The molecule has 1 aromatic heterocycles. The molecule has 1 aromatic carbocycles. The molecule has 0 bridgehead atoms. The number of amides is 1. The molecule has 1 aliphatic rings. The van der Waals surface area contributed by atoms with Gasteiger partial charge in [-0.05, 0) is 26.1 Å². The molecule has 2 heterocycles. The summed E-state index contributed by atoms with van der Waals surface area (Å²) >= 11 is 0. The molecule has 136 valence electrons. The predicted octanol–water partition coefficient (Wildman–Crippen LogP) is 1.70. The first-order chi connectivity index (χ1) is 12.4. The van der Waals surface area contributed by atoms with Crippen molar-refractivity contribution in [2.75, 3.05) is 43.4 Å². The molecular formula is C17H20N6O3. The summed E-state index contributed by atoms with van der Waals surface area (Å²) in [7, 11) is 2.08. The fraction of sp³-hybridized carbons (Fsp3) is 0.353. The number of hydrogen-bond donors (Lipinski definition) is 1. The number of aromatic nitrogens is 2. The van der Waals surface area contributed by atoms with Crippen LogP contribution in [-0.2, 0) is 0 Å². The Hall–Kier alpha value is -3.07. The minimum Gasteiger partial charge on any atom is -0.354 e. The zero-order valence-corrected chi connectivity index (χ0v) is 14.7. The first-order valence-electron chi connectivity index (χ1n) is 8.26. The zero-order valence-electron chi connectivity index (χ0n) is 14.7. The van der Waals surface area contributed by atoms with Crippen LogP contribution >= 0.6 is 0 Å². The van der Waals surface area contributed by atoms with Gasteiger partial charge < -0.3 is 15.1 Å². The third-order valence-electron chi connectivity index (χ3n) is 4.38. The summed E-state index contributed by atoms with van der Waals surface area (Å²) in [6.45, 7) is 5.23. The highest BCUT2D eigenvalue weighted by Crippen LogP contribution is 2.20. The fourth-order valence-corrected chi connectivity index (χ4v) is 2.81. The van der Waals surface area contributed by atoms with Crippen molar-refractivity contribution in [2.45, 2.75) is 6.92 Å². The maximum absolute atomic E-state index is 12.4. The number of nitrogens with one attached hydrogen (secondary N) is 1. The van der Waals surface area contributed by atoms with E-state index in [4.69, 9.17) is 0 Å². The molecule has 1 amide bonds. The fourth-order valence-electron chi connectivity index (χ4n) is 2.81. The second-order valence-corrected chi connectivity index (χ2v) is 6.26. The molecule has 1 N–H and O–H groups in total. The van der Waals surface area contributed by atoms with Crippen molar-refractivity contribution in [1.82, 2.24) is 14.9 Å². The zero-order chi connectivity index (χ0) is 18.7. The monoisotopic (exact) mass is 356 g/mol. The summed E-state index contributed by atoms with van der Waals surface area (Å²) in [6, 6.07) is 6.00. The molecule has 0 atom stereocenters. The third kappa shape index (κ3) is 3.94. The van der Waals surface area contributed by atoms with Gasteiger partial charge in [0.1, 0.15) is 18.0 Å². The van der Waals surface area contributed by atoms with Crippen LogP contribution in [0.1, 0.15) is 15.9 Å². The van der Waals surface area contributed by atoms with E-state index in [1.54, 1.807) is 13.0 Å². The van der Waals surface area contributed by atoms with Crippen LogP contribution in [0.15, 0.2) is 30.6 Å². The molecule has 0 spiro atoms. The van der Waals surface area contributed by atoms with Gasteiger partial charge in [0.2, 0.25) is 0 Å². The van der Waals surface area contributed by atoms with Gasteiger partial charge in [-0.2, -0.15) is 0 Å². The van der Waals surface area contributed by atoms with E-state index in [2.05, 4.69) is 32.1 Å². The van der Waals surface area contributed by atoms with E-state index in [-0.39, 0.29) is 11.6 Å². The van der Waals surface area contributed by atoms with Crippen LogP contribution in [0, 0.1) is 17.0 Å². The van der Waals surface area contributed by atoms with E-state index in [1.807, 2.05) is 0 Å². The van der Waals surface area contributed by atoms with Crippen LogP contribution in [0.5, 0.6) is 0 Å². The van der Waals surface area contributed by atoms with Gasteiger partial charge in [-0.15, -0.1) is 0 Å². The number of nitro benzene ring substituents is 1. The van der Waals surface area contributed by atoms with E-state index >= 15 is 0 Å². The molecule has 3 rings (SSSR count). The smallest absolute Gasteiger partial charge is 0.272 e. The number of piperazine rings is 1. The van der Waals surface area contributed by atoms with E-state index in [0.29, 0.717) is 16.9 Å². The number of carbonyl (C=O) groups is 1. The molecule has 9 heteroatoms. The number of anilines is 2. The van der Waals surface area contributed by atoms with Crippen molar-refractivity contribution < 1.29 is 9.72 Å². The summed E-state index contributed by atoms with van der Waals surface area (Å²) in [5.41, 5.74) is 0.761. The Labute approximate surface area is 150 Å². The average Bonchev–Trinajstić information content (AvgIpc) is 2.62. The highest BCUT2D eigenvalue weighted by atomic mass is 16.6. The van der Waals surface area contributed by atoms with Gasteiger partial charge in [0, 0.05) is 49.4 Å².